The molecule has 1 aromatic carbocycles. The molecule has 8 nitrogen and oxygen atoms in total. The average Bonchev–Trinajstić information content (AvgIpc) is 3.47. The molecule has 2 bridgehead atoms. The number of nitrogens with zero attached hydrogens (tertiary/aromatic N) is 3. The minimum Gasteiger partial charge on any atom is -0.396 e. The van der Waals surface area contributed by atoms with Gasteiger partial charge < -0.3 is 19.6 Å². The highest BCUT2D eigenvalue weighted by Crippen LogP contribution is 2.36. The van der Waals surface area contributed by atoms with E-state index in [9.17, 15) is 5.11 Å². The Hall–Kier alpha value is -2.55. The van der Waals surface area contributed by atoms with Crippen molar-refractivity contribution in [3.8, 4) is 0 Å². The lowest BCUT2D eigenvalue weighted by molar-refractivity contribution is -0.0647. The predicted molar refractivity (Wildman–Crippen MR) is 107 cm³/mol. The van der Waals surface area contributed by atoms with E-state index in [1.165, 1.54) is 19.3 Å². The minimum absolute atomic E-state index is 0.0209. The second-order valence-electron chi connectivity index (χ2n) is 7.60. The summed E-state index contributed by atoms with van der Waals surface area (Å²) in [5.74, 6) is 0.480. The number of aromatic nitrogens is 4. The van der Waals surface area contributed by atoms with E-state index in [4.69, 9.17) is 14.9 Å². The third-order valence-corrected chi connectivity index (χ3v) is 5.52. The van der Waals surface area contributed by atoms with Crippen LogP contribution in [0.25, 0.3) is 11.2 Å². The maximum absolute atomic E-state index is 9.33. The van der Waals surface area contributed by atoms with Crippen LogP contribution in [0.2, 0.25) is 0 Å². The second-order valence-corrected chi connectivity index (χ2v) is 7.60. The summed E-state index contributed by atoms with van der Waals surface area (Å²) in [5, 5.41) is 17.3. The van der Waals surface area contributed by atoms with Gasteiger partial charge in [-0.2, -0.15) is 0 Å². The van der Waals surface area contributed by atoms with Gasteiger partial charge in [-0.1, -0.05) is 37.3 Å². The quantitative estimate of drug-likeness (QED) is 0.613. The molecule has 6 rings (SSSR count). The molecule has 3 N–H and O–H groups in total. The molecule has 2 saturated heterocycles. The summed E-state index contributed by atoms with van der Waals surface area (Å²) in [7, 11) is 1.62. The largest absolute Gasteiger partial charge is 0.396 e. The van der Waals surface area contributed by atoms with Gasteiger partial charge in [0.05, 0.1) is 18.8 Å². The smallest absolute Gasteiger partial charge is 0.173 e. The summed E-state index contributed by atoms with van der Waals surface area (Å²) in [6, 6.07) is 9.75. The van der Waals surface area contributed by atoms with Crippen LogP contribution in [0.5, 0.6) is 0 Å². The lowest BCUT2D eigenvalue weighted by atomic mass is 10.2. The zero-order chi connectivity index (χ0) is 20.4. The van der Waals surface area contributed by atoms with Crippen molar-refractivity contribution in [2.75, 3.05) is 13.7 Å². The first-order chi connectivity index (χ1) is 14.1. The van der Waals surface area contributed by atoms with Crippen LogP contribution in [-0.2, 0) is 9.47 Å². The fourth-order valence-electron chi connectivity index (χ4n) is 3.79. The van der Waals surface area contributed by atoms with Gasteiger partial charge in [0.2, 0.25) is 0 Å². The van der Waals surface area contributed by atoms with Gasteiger partial charge in [-0.05, 0) is 19.3 Å². The van der Waals surface area contributed by atoms with E-state index in [2.05, 4.69) is 15.0 Å². The highest BCUT2D eigenvalue weighted by Gasteiger charge is 2.36. The lowest BCUT2D eigenvalue weighted by Gasteiger charge is -2.23. The van der Waals surface area contributed by atoms with Crippen molar-refractivity contribution in [2.24, 2.45) is 0 Å². The van der Waals surface area contributed by atoms with Gasteiger partial charge in [-0.25, -0.2) is 9.97 Å². The molecule has 0 amide bonds. The average molecular weight is 397 g/mol. The molecule has 3 fully saturated rings. The highest BCUT2D eigenvalue weighted by atomic mass is 16.5. The van der Waals surface area contributed by atoms with E-state index >= 15 is 0 Å². The summed E-state index contributed by atoms with van der Waals surface area (Å²) in [6.45, 7) is 1.84. The number of H-pyrrole nitrogens is 1. The molecule has 0 spiro atoms. The summed E-state index contributed by atoms with van der Waals surface area (Å²) >= 11 is 0. The molecule has 8 heteroatoms. The molecule has 1 saturated carbocycles. The zero-order valence-corrected chi connectivity index (χ0v) is 16.7. The molecule has 2 aromatic heterocycles. The SMILES string of the molecule is C1CC2CC1O2.COC(c1ccccc1)n1cnc(=N)c2[nH]c(C(C)CO)nc21. The number of hydrogen-bond donors (Lipinski definition) is 3. The molecule has 1 aliphatic carbocycles. The van der Waals surface area contributed by atoms with Crippen LogP contribution in [0.15, 0.2) is 36.7 Å². The predicted octanol–water partition coefficient (Wildman–Crippen LogP) is 2.47. The molecule has 4 atom stereocenters. The number of nitrogens with one attached hydrogen (secondary N) is 2. The van der Waals surface area contributed by atoms with Crippen molar-refractivity contribution < 1.29 is 14.6 Å². The van der Waals surface area contributed by atoms with Gasteiger partial charge in [-0.15, -0.1) is 0 Å². The van der Waals surface area contributed by atoms with Gasteiger partial charge in [0, 0.05) is 18.6 Å². The molecule has 3 aliphatic rings. The Labute approximate surface area is 169 Å². The number of imidazole rings is 1. The number of aliphatic hydroxyl groups excluding tert-OH is 1. The zero-order valence-electron chi connectivity index (χ0n) is 16.7. The standard InChI is InChI=1S/C16H19N5O2.C5H8O/c1-10(8-22)14-19-12-13(17)18-9-21(15(12)20-14)16(23-2)11-6-4-3-5-7-11;1-2-5-3-4(1)6-5/h3-7,9-10,16-17,22H,8H2,1-2H3,(H,19,20);4-5H,1-3H2. The van der Waals surface area contributed by atoms with Crippen molar-refractivity contribution in [2.45, 2.75) is 50.5 Å². The topological polar surface area (TPSA) is 109 Å². The molecule has 4 heterocycles. The Morgan fingerprint density at radius 3 is 2.55 bits per heavy atom. The normalized spacial score (nSPS) is 21.9. The number of aromatic amines is 1. The third kappa shape index (κ3) is 3.96. The monoisotopic (exact) mass is 397 g/mol. The number of fused-ring (bicyclic) bond motifs is 2. The number of methoxy groups -OCH3 is 1. The Bertz CT molecular complexity index is 997. The van der Waals surface area contributed by atoms with Gasteiger partial charge in [0.1, 0.15) is 17.7 Å². The summed E-state index contributed by atoms with van der Waals surface area (Å²) in [6.07, 6.45) is 6.58. The molecule has 3 aromatic rings. The molecular formula is C21H27N5O3. The van der Waals surface area contributed by atoms with Crippen LogP contribution < -0.4 is 5.49 Å². The van der Waals surface area contributed by atoms with Crippen LogP contribution in [0.4, 0.5) is 0 Å². The molecule has 2 aliphatic heterocycles. The number of benzene rings is 1. The van der Waals surface area contributed by atoms with Crippen LogP contribution >= 0.6 is 0 Å². The Morgan fingerprint density at radius 2 is 2.00 bits per heavy atom. The van der Waals surface area contributed by atoms with E-state index in [1.54, 1.807) is 18.0 Å². The Kier molecular flexibility index (Phi) is 5.75. The van der Waals surface area contributed by atoms with Gasteiger partial charge in [0.15, 0.2) is 17.4 Å². The van der Waals surface area contributed by atoms with E-state index in [0.29, 0.717) is 29.2 Å². The number of aliphatic hydroxyl groups is 1. The summed E-state index contributed by atoms with van der Waals surface area (Å²) in [5.41, 5.74) is 2.18. The van der Waals surface area contributed by atoms with E-state index in [0.717, 1.165) is 5.56 Å². The minimum atomic E-state index is -0.396. The third-order valence-electron chi connectivity index (χ3n) is 5.52. The van der Waals surface area contributed by atoms with Gasteiger partial charge in [0.25, 0.3) is 0 Å². The first-order valence-corrected chi connectivity index (χ1v) is 9.96. The van der Waals surface area contributed by atoms with Gasteiger partial charge >= 0.3 is 0 Å². The fraction of sp³-hybridized carbons (Fsp3) is 0.476. The van der Waals surface area contributed by atoms with Crippen LogP contribution in [-0.4, -0.2) is 50.6 Å². The maximum Gasteiger partial charge on any atom is 0.173 e. The number of rotatable bonds is 5. The van der Waals surface area contributed by atoms with E-state index in [1.807, 2.05) is 37.3 Å². The first-order valence-electron chi connectivity index (χ1n) is 9.96. The molecular weight excluding hydrogens is 370 g/mol. The van der Waals surface area contributed by atoms with E-state index in [-0.39, 0.29) is 18.0 Å². The molecule has 0 radical (unpaired) electrons. The second kappa shape index (κ2) is 8.44. The number of hydrogen-bond acceptors (Lipinski definition) is 6. The molecule has 154 valence electrons. The molecule has 29 heavy (non-hydrogen) atoms. The first kappa shape index (κ1) is 19.8. The van der Waals surface area contributed by atoms with Crippen molar-refractivity contribution in [3.05, 3.63) is 53.5 Å². The Morgan fingerprint density at radius 1 is 1.31 bits per heavy atom. The van der Waals surface area contributed by atoms with Crippen molar-refractivity contribution in [1.29, 1.82) is 5.41 Å². The van der Waals surface area contributed by atoms with Crippen molar-refractivity contribution in [3.63, 3.8) is 0 Å². The molecule has 4 unspecified atom stereocenters. The lowest BCUT2D eigenvalue weighted by Crippen LogP contribution is -2.25. The van der Waals surface area contributed by atoms with E-state index < -0.39 is 6.23 Å². The summed E-state index contributed by atoms with van der Waals surface area (Å²) in [4.78, 5) is 11.7. The maximum atomic E-state index is 9.33. The van der Waals surface area contributed by atoms with Crippen LogP contribution in [0, 0.1) is 5.41 Å². The Balaban J connectivity index is 0.000000286. The van der Waals surface area contributed by atoms with Crippen molar-refractivity contribution >= 4 is 11.2 Å². The number of ether oxygens (including phenoxy) is 2. The van der Waals surface area contributed by atoms with Crippen LogP contribution in [0.3, 0.4) is 0 Å². The fourth-order valence-corrected chi connectivity index (χ4v) is 3.79. The van der Waals surface area contributed by atoms with Gasteiger partial charge in [-0.3, -0.25) is 9.98 Å². The van der Waals surface area contributed by atoms with Crippen molar-refractivity contribution in [1.82, 2.24) is 19.5 Å². The van der Waals surface area contributed by atoms with Crippen LogP contribution in [0.1, 0.15) is 49.7 Å². The highest BCUT2D eigenvalue weighted by molar-refractivity contribution is 5.69. The summed E-state index contributed by atoms with van der Waals surface area (Å²) < 4.78 is 12.7.